The van der Waals surface area contributed by atoms with E-state index in [9.17, 15) is 8.78 Å². The highest BCUT2D eigenvalue weighted by Crippen LogP contribution is 2.29. The Kier molecular flexibility index (Phi) is 5.70. The zero-order chi connectivity index (χ0) is 15.4. The zero-order valence-electron chi connectivity index (χ0n) is 12.1. The maximum absolute atomic E-state index is 14.3. The van der Waals surface area contributed by atoms with Crippen LogP contribution in [0, 0.1) is 22.1 Å². The fourth-order valence-electron chi connectivity index (χ4n) is 2.27. The van der Waals surface area contributed by atoms with Crippen molar-refractivity contribution < 1.29 is 8.78 Å². The highest BCUT2D eigenvalue weighted by molar-refractivity contribution is 14.1. The normalized spacial score (nSPS) is 12.4. The third-order valence-corrected chi connectivity index (χ3v) is 4.39. The van der Waals surface area contributed by atoms with Crippen LogP contribution in [0.4, 0.5) is 8.78 Å². The van der Waals surface area contributed by atoms with Crippen molar-refractivity contribution in [1.82, 2.24) is 5.32 Å². The average Bonchev–Trinajstić information content (AvgIpc) is 2.46. The summed E-state index contributed by atoms with van der Waals surface area (Å²) in [7, 11) is 0. The fraction of sp³-hybridized carbons (Fsp3) is 0.294. The molecule has 2 rings (SSSR count). The molecule has 4 heteroatoms. The minimum absolute atomic E-state index is 0.327. The van der Waals surface area contributed by atoms with E-state index in [1.807, 2.05) is 31.2 Å². The van der Waals surface area contributed by atoms with Crippen LogP contribution in [-0.2, 0) is 0 Å². The molecule has 112 valence electrons. The van der Waals surface area contributed by atoms with Gasteiger partial charge in [0.15, 0.2) is 0 Å². The molecule has 1 nitrogen and oxygen atoms in total. The van der Waals surface area contributed by atoms with E-state index in [1.54, 1.807) is 6.92 Å². The molecule has 0 aliphatic carbocycles. The third-order valence-electron chi connectivity index (χ3n) is 3.40. The van der Waals surface area contributed by atoms with Crippen LogP contribution in [0.2, 0.25) is 0 Å². The molecule has 0 spiro atoms. The molecule has 1 unspecified atom stereocenters. The maximum Gasteiger partial charge on any atom is 0.128 e. The van der Waals surface area contributed by atoms with Gasteiger partial charge in [-0.2, -0.15) is 0 Å². The van der Waals surface area contributed by atoms with Crippen LogP contribution >= 0.6 is 22.6 Å². The predicted molar refractivity (Wildman–Crippen MR) is 90.4 cm³/mol. The second kappa shape index (κ2) is 7.31. The van der Waals surface area contributed by atoms with Crippen LogP contribution in [0.3, 0.4) is 0 Å². The van der Waals surface area contributed by atoms with Gasteiger partial charge in [-0.15, -0.1) is 0 Å². The minimum atomic E-state index is -0.374. The summed E-state index contributed by atoms with van der Waals surface area (Å²) in [5.74, 6) is -0.747. The van der Waals surface area contributed by atoms with Crippen molar-refractivity contribution in [3.05, 3.63) is 68.3 Å². The van der Waals surface area contributed by atoms with Gasteiger partial charge in [-0.25, -0.2) is 8.78 Å². The molecule has 21 heavy (non-hydrogen) atoms. The summed E-state index contributed by atoms with van der Waals surface area (Å²) in [5.41, 5.74) is 1.65. The van der Waals surface area contributed by atoms with Gasteiger partial charge in [-0.05, 0) is 71.8 Å². The van der Waals surface area contributed by atoms with E-state index >= 15 is 0 Å². The Morgan fingerprint density at radius 2 is 1.81 bits per heavy atom. The fourth-order valence-corrected chi connectivity index (χ4v) is 2.97. The summed E-state index contributed by atoms with van der Waals surface area (Å²) in [6.07, 6.45) is 0.926. The molecule has 2 aromatic carbocycles. The Bertz CT molecular complexity index is 628. The molecular formula is C17H18F2IN. The molecule has 0 amide bonds. The number of nitrogens with one attached hydrogen (secondary N) is 1. The van der Waals surface area contributed by atoms with E-state index in [4.69, 9.17) is 0 Å². The van der Waals surface area contributed by atoms with E-state index in [-0.39, 0.29) is 17.7 Å². The lowest BCUT2D eigenvalue weighted by atomic mass is 9.96. The van der Waals surface area contributed by atoms with Gasteiger partial charge in [0.05, 0.1) is 6.04 Å². The summed E-state index contributed by atoms with van der Waals surface area (Å²) in [6, 6.07) is 10.0. The summed E-state index contributed by atoms with van der Waals surface area (Å²) in [5, 5.41) is 3.32. The largest absolute Gasteiger partial charge is 0.306 e. The lowest BCUT2D eigenvalue weighted by Gasteiger charge is -2.22. The summed E-state index contributed by atoms with van der Waals surface area (Å²) in [4.78, 5) is 0. The quantitative estimate of drug-likeness (QED) is 0.698. The van der Waals surface area contributed by atoms with Gasteiger partial charge in [0, 0.05) is 9.13 Å². The molecule has 1 N–H and O–H groups in total. The monoisotopic (exact) mass is 401 g/mol. The zero-order valence-corrected chi connectivity index (χ0v) is 14.2. The average molecular weight is 401 g/mol. The van der Waals surface area contributed by atoms with E-state index < -0.39 is 0 Å². The van der Waals surface area contributed by atoms with Crippen molar-refractivity contribution in [3.8, 4) is 0 Å². The van der Waals surface area contributed by atoms with Crippen LogP contribution in [0.1, 0.15) is 36.1 Å². The number of halogens is 3. The van der Waals surface area contributed by atoms with Crippen LogP contribution < -0.4 is 5.32 Å². The second-order valence-electron chi connectivity index (χ2n) is 5.03. The van der Waals surface area contributed by atoms with E-state index in [1.165, 1.54) is 12.1 Å². The van der Waals surface area contributed by atoms with Crippen molar-refractivity contribution in [1.29, 1.82) is 0 Å². The number of hydrogen-bond acceptors (Lipinski definition) is 1. The Labute approximate surface area is 137 Å². The molecule has 0 saturated heterocycles. The second-order valence-corrected chi connectivity index (χ2v) is 6.19. The number of aryl methyl sites for hydroxylation is 1. The van der Waals surface area contributed by atoms with Crippen molar-refractivity contribution in [2.24, 2.45) is 0 Å². The molecule has 0 saturated carbocycles. The highest BCUT2D eigenvalue weighted by atomic mass is 127. The third kappa shape index (κ3) is 3.80. The van der Waals surface area contributed by atoms with E-state index in [0.717, 1.165) is 22.1 Å². The summed E-state index contributed by atoms with van der Waals surface area (Å²) >= 11 is 2.23. The highest BCUT2D eigenvalue weighted by Gasteiger charge is 2.20. The minimum Gasteiger partial charge on any atom is -0.306 e. The standard InChI is InChI=1S/C17H18F2IN/c1-3-8-21-17(12-6-4-5-7-16(12)20)13-10-14(18)11(2)9-15(13)19/h4-7,9-10,17,21H,3,8H2,1-2H3. The van der Waals surface area contributed by atoms with Crippen LogP contribution in [0.15, 0.2) is 36.4 Å². The molecule has 0 bridgehead atoms. The summed E-state index contributed by atoms with van der Waals surface area (Å²) in [6.45, 7) is 4.36. The molecule has 2 aromatic rings. The molecule has 0 heterocycles. The molecular weight excluding hydrogens is 383 g/mol. The van der Waals surface area contributed by atoms with Gasteiger partial charge >= 0.3 is 0 Å². The maximum atomic E-state index is 14.3. The van der Waals surface area contributed by atoms with Gasteiger partial charge in [0.1, 0.15) is 11.6 Å². The first kappa shape index (κ1) is 16.4. The molecule has 0 aromatic heterocycles. The SMILES string of the molecule is CCCNC(c1cc(F)c(C)cc1F)c1ccccc1I. The number of hydrogen-bond donors (Lipinski definition) is 1. The molecule has 0 radical (unpaired) electrons. The van der Waals surface area contributed by atoms with Crippen molar-refractivity contribution in [3.63, 3.8) is 0 Å². The van der Waals surface area contributed by atoms with Gasteiger partial charge < -0.3 is 5.32 Å². The first-order chi connectivity index (χ1) is 10.0. The smallest absolute Gasteiger partial charge is 0.128 e. The molecule has 0 fully saturated rings. The lowest BCUT2D eigenvalue weighted by molar-refractivity contribution is 0.531. The molecule has 1 atom stereocenters. The van der Waals surface area contributed by atoms with Crippen LogP contribution in [0.25, 0.3) is 0 Å². The van der Waals surface area contributed by atoms with Crippen molar-refractivity contribution >= 4 is 22.6 Å². The van der Waals surface area contributed by atoms with Gasteiger partial charge in [-0.3, -0.25) is 0 Å². The van der Waals surface area contributed by atoms with Gasteiger partial charge in [0.25, 0.3) is 0 Å². The molecule has 0 aliphatic rings. The topological polar surface area (TPSA) is 12.0 Å². The Balaban J connectivity index is 2.51. The van der Waals surface area contributed by atoms with Crippen LogP contribution in [-0.4, -0.2) is 6.54 Å². The predicted octanol–water partition coefficient (Wildman–Crippen LogP) is 4.97. The Morgan fingerprint density at radius 3 is 2.48 bits per heavy atom. The Hall–Kier alpha value is -1.01. The van der Waals surface area contributed by atoms with Gasteiger partial charge in [-0.1, -0.05) is 25.1 Å². The number of benzene rings is 2. The van der Waals surface area contributed by atoms with Gasteiger partial charge in [0.2, 0.25) is 0 Å². The first-order valence-corrected chi connectivity index (χ1v) is 8.05. The number of rotatable bonds is 5. The lowest BCUT2D eigenvalue weighted by Crippen LogP contribution is -2.25. The van der Waals surface area contributed by atoms with Crippen molar-refractivity contribution in [2.75, 3.05) is 6.54 Å². The Morgan fingerprint density at radius 1 is 1.10 bits per heavy atom. The van der Waals surface area contributed by atoms with Crippen molar-refractivity contribution in [2.45, 2.75) is 26.3 Å². The van der Waals surface area contributed by atoms with E-state index in [2.05, 4.69) is 27.9 Å². The van der Waals surface area contributed by atoms with Crippen LogP contribution in [0.5, 0.6) is 0 Å². The van der Waals surface area contributed by atoms with E-state index in [0.29, 0.717) is 11.1 Å². The first-order valence-electron chi connectivity index (χ1n) is 6.98. The summed E-state index contributed by atoms with van der Waals surface area (Å²) < 4.78 is 29.2. The molecule has 0 aliphatic heterocycles.